The average Bonchev–Trinajstić information content (AvgIpc) is 3.27. The second-order valence-electron chi connectivity index (χ2n) is 6.89. The van der Waals surface area contributed by atoms with E-state index in [1.165, 1.54) is 0 Å². The lowest BCUT2D eigenvalue weighted by atomic mass is 9.98. The maximum absolute atomic E-state index is 12.5. The highest BCUT2D eigenvalue weighted by Gasteiger charge is 2.39. The second-order valence-corrected chi connectivity index (χ2v) is 7.88. The predicted octanol–water partition coefficient (Wildman–Crippen LogP) is 3.98. The Kier molecular flexibility index (Phi) is 4.15. The molecule has 2 aliphatic rings. The molecule has 118 valence electrons. The molecule has 3 nitrogen and oxygen atoms in total. The van der Waals surface area contributed by atoms with Crippen LogP contribution in [0, 0.1) is 11.8 Å². The van der Waals surface area contributed by atoms with Crippen LogP contribution >= 0.6 is 15.9 Å². The minimum absolute atomic E-state index is 0.123. The highest BCUT2D eigenvalue weighted by atomic mass is 79.9. The van der Waals surface area contributed by atoms with Crippen molar-refractivity contribution in [1.29, 1.82) is 0 Å². The van der Waals surface area contributed by atoms with Crippen LogP contribution in [0.5, 0.6) is 0 Å². The second kappa shape index (κ2) is 5.80. The molecule has 1 saturated carbocycles. The molecule has 1 amide bonds. The van der Waals surface area contributed by atoms with E-state index in [-0.39, 0.29) is 34.4 Å². The fourth-order valence-electron chi connectivity index (χ4n) is 3.11. The van der Waals surface area contributed by atoms with Gasteiger partial charge in [-0.2, -0.15) is 0 Å². The first-order valence-electron chi connectivity index (χ1n) is 8.04. The molecule has 2 unspecified atom stereocenters. The third kappa shape index (κ3) is 2.73. The summed E-state index contributed by atoms with van der Waals surface area (Å²) in [7, 11) is 0. The number of benzene rings is 1. The number of rotatable bonds is 4. The van der Waals surface area contributed by atoms with E-state index in [0.717, 1.165) is 36.1 Å². The van der Waals surface area contributed by atoms with Gasteiger partial charge in [-0.1, -0.05) is 29.8 Å². The van der Waals surface area contributed by atoms with Gasteiger partial charge in [-0.15, -0.1) is 0 Å². The van der Waals surface area contributed by atoms with Crippen molar-refractivity contribution in [3.05, 3.63) is 29.3 Å². The molecule has 0 aromatic heterocycles. The van der Waals surface area contributed by atoms with E-state index < -0.39 is 0 Å². The third-order valence-electron chi connectivity index (χ3n) is 4.58. The molecule has 1 aromatic carbocycles. The maximum atomic E-state index is 12.5. The van der Waals surface area contributed by atoms with E-state index in [9.17, 15) is 9.59 Å². The van der Waals surface area contributed by atoms with E-state index in [1.807, 2.05) is 36.9 Å². The summed E-state index contributed by atoms with van der Waals surface area (Å²) >= 11 is 3.49. The minimum Gasteiger partial charge on any atom is -0.309 e. The van der Waals surface area contributed by atoms with E-state index in [2.05, 4.69) is 22.9 Å². The van der Waals surface area contributed by atoms with Gasteiger partial charge >= 0.3 is 0 Å². The van der Waals surface area contributed by atoms with Gasteiger partial charge in [0.25, 0.3) is 0 Å². The number of fused-ring (bicyclic) bond motifs is 1. The quantitative estimate of drug-likeness (QED) is 0.599. The summed E-state index contributed by atoms with van der Waals surface area (Å²) in [5, 5.41) is 0. The van der Waals surface area contributed by atoms with Crippen molar-refractivity contribution in [1.82, 2.24) is 0 Å². The number of anilines is 1. The molecular weight excluding hydrogens is 342 g/mol. The highest BCUT2D eigenvalue weighted by molar-refractivity contribution is 9.10. The van der Waals surface area contributed by atoms with Crippen molar-refractivity contribution in [2.45, 2.75) is 50.9 Å². The molecule has 0 bridgehead atoms. The molecule has 1 heterocycles. The Hall–Kier alpha value is -1.16. The van der Waals surface area contributed by atoms with Gasteiger partial charge in [0, 0.05) is 23.2 Å². The summed E-state index contributed by atoms with van der Waals surface area (Å²) in [6.07, 6.45) is 2.88. The van der Waals surface area contributed by atoms with Gasteiger partial charge in [-0.3, -0.25) is 9.59 Å². The molecule has 3 rings (SSSR count). The molecule has 1 fully saturated rings. The molecular formula is C18H22BrNO2. The topological polar surface area (TPSA) is 37.4 Å². The molecule has 0 spiro atoms. The van der Waals surface area contributed by atoms with Crippen LogP contribution in [0.15, 0.2) is 18.2 Å². The number of Topliss-reactive ketones (excluding diaryl/α,β-unsaturated/α-hetero) is 1. The maximum Gasteiger partial charge on any atom is 0.230 e. The van der Waals surface area contributed by atoms with Crippen LogP contribution in [0.2, 0.25) is 0 Å². The van der Waals surface area contributed by atoms with Crippen LogP contribution in [0.25, 0.3) is 0 Å². The summed E-state index contributed by atoms with van der Waals surface area (Å²) in [4.78, 5) is 26.7. The zero-order valence-electron chi connectivity index (χ0n) is 13.3. The SMILES string of the molecule is CC(C)C(Br)C(=O)c1ccc2c(c1)CC(C)N2C(=O)C1CC1. The smallest absolute Gasteiger partial charge is 0.230 e. The van der Waals surface area contributed by atoms with E-state index in [4.69, 9.17) is 0 Å². The Morgan fingerprint density at radius 3 is 2.55 bits per heavy atom. The average molecular weight is 364 g/mol. The Labute approximate surface area is 140 Å². The van der Waals surface area contributed by atoms with Crippen LogP contribution < -0.4 is 4.90 Å². The normalized spacial score (nSPS) is 21.9. The molecule has 1 aliphatic carbocycles. The lowest BCUT2D eigenvalue weighted by Crippen LogP contribution is -2.36. The highest BCUT2D eigenvalue weighted by Crippen LogP contribution is 2.39. The zero-order chi connectivity index (χ0) is 16.0. The van der Waals surface area contributed by atoms with E-state index in [1.54, 1.807) is 0 Å². The van der Waals surface area contributed by atoms with Crippen molar-refractivity contribution >= 4 is 33.3 Å². The molecule has 0 saturated heterocycles. The summed E-state index contributed by atoms with van der Waals surface area (Å²) < 4.78 is 0. The lowest BCUT2D eigenvalue weighted by Gasteiger charge is -2.22. The number of ketones is 1. The van der Waals surface area contributed by atoms with Crippen LogP contribution in [-0.4, -0.2) is 22.6 Å². The monoisotopic (exact) mass is 363 g/mol. The molecule has 0 N–H and O–H groups in total. The Balaban J connectivity index is 1.88. The number of nitrogens with zero attached hydrogens (tertiary/aromatic N) is 1. The number of halogens is 1. The molecule has 4 heteroatoms. The first-order chi connectivity index (χ1) is 10.4. The molecule has 22 heavy (non-hydrogen) atoms. The van der Waals surface area contributed by atoms with Crippen LogP contribution in [0.3, 0.4) is 0 Å². The fourth-order valence-corrected chi connectivity index (χ4v) is 3.37. The van der Waals surface area contributed by atoms with E-state index >= 15 is 0 Å². The summed E-state index contributed by atoms with van der Waals surface area (Å²) in [5.74, 6) is 0.860. The zero-order valence-corrected chi connectivity index (χ0v) is 14.9. The fraction of sp³-hybridized carbons (Fsp3) is 0.556. The molecule has 1 aromatic rings. The first kappa shape index (κ1) is 15.7. The van der Waals surface area contributed by atoms with E-state index in [0.29, 0.717) is 0 Å². The summed E-state index contributed by atoms with van der Waals surface area (Å²) in [5.41, 5.74) is 2.86. The molecule has 0 radical (unpaired) electrons. The van der Waals surface area contributed by atoms with Gasteiger partial charge in [0.15, 0.2) is 5.78 Å². The van der Waals surface area contributed by atoms with Crippen molar-refractivity contribution in [2.24, 2.45) is 11.8 Å². The minimum atomic E-state index is -0.159. The number of hydrogen-bond acceptors (Lipinski definition) is 2. The predicted molar refractivity (Wildman–Crippen MR) is 91.7 cm³/mol. The van der Waals surface area contributed by atoms with Gasteiger partial charge in [0.05, 0.1) is 4.83 Å². The van der Waals surface area contributed by atoms with Crippen molar-refractivity contribution in [3.63, 3.8) is 0 Å². The first-order valence-corrected chi connectivity index (χ1v) is 8.96. The number of alkyl halides is 1. The van der Waals surface area contributed by atoms with Crippen molar-refractivity contribution < 1.29 is 9.59 Å². The van der Waals surface area contributed by atoms with Gasteiger partial charge in [-0.05, 0) is 55.9 Å². The number of carbonyl (C=O) groups is 2. The van der Waals surface area contributed by atoms with Crippen molar-refractivity contribution in [2.75, 3.05) is 4.90 Å². The number of hydrogen-bond donors (Lipinski definition) is 0. The van der Waals surface area contributed by atoms with Gasteiger partial charge < -0.3 is 4.90 Å². The van der Waals surface area contributed by atoms with Gasteiger partial charge in [0.1, 0.15) is 0 Å². The van der Waals surface area contributed by atoms with Crippen LogP contribution in [0.1, 0.15) is 49.5 Å². The molecule has 1 aliphatic heterocycles. The lowest BCUT2D eigenvalue weighted by molar-refractivity contribution is -0.120. The Morgan fingerprint density at radius 2 is 1.95 bits per heavy atom. The number of carbonyl (C=O) groups excluding carboxylic acids is 2. The number of amides is 1. The Bertz CT molecular complexity index is 622. The third-order valence-corrected chi connectivity index (χ3v) is 6.05. The van der Waals surface area contributed by atoms with Crippen LogP contribution in [0.4, 0.5) is 5.69 Å². The molecule has 2 atom stereocenters. The summed E-state index contributed by atoms with van der Waals surface area (Å²) in [6, 6.07) is 5.98. The van der Waals surface area contributed by atoms with Gasteiger partial charge in [0.2, 0.25) is 5.91 Å². The van der Waals surface area contributed by atoms with Gasteiger partial charge in [-0.25, -0.2) is 0 Å². The van der Waals surface area contributed by atoms with Crippen molar-refractivity contribution in [3.8, 4) is 0 Å². The Morgan fingerprint density at radius 1 is 1.27 bits per heavy atom. The largest absolute Gasteiger partial charge is 0.309 e. The standard InChI is InChI=1S/C18H22BrNO2/c1-10(2)16(19)17(21)13-6-7-15-14(9-13)8-11(3)20(15)18(22)12-4-5-12/h6-7,9-12,16H,4-5,8H2,1-3H3. The van der Waals surface area contributed by atoms with Crippen LogP contribution in [-0.2, 0) is 11.2 Å². The summed E-state index contributed by atoms with van der Waals surface area (Å²) in [6.45, 7) is 6.15.